The van der Waals surface area contributed by atoms with Crippen LogP contribution in [-0.2, 0) is 13.0 Å². The van der Waals surface area contributed by atoms with Crippen LogP contribution in [0.2, 0.25) is 5.02 Å². The molecule has 4 heteroatoms. The first kappa shape index (κ1) is 15.1. The van der Waals surface area contributed by atoms with Crippen LogP contribution in [-0.4, -0.2) is 6.04 Å². The van der Waals surface area contributed by atoms with Gasteiger partial charge in [0.25, 0.3) is 0 Å². The maximum absolute atomic E-state index is 5.86. The van der Waals surface area contributed by atoms with Gasteiger partial charge in [-0.1, -0.05) is 23.7 Å². The molecule has 2 aromatic rings. The molecule has 0 bridgehead atoms. The molecule has 1 heterocycles. The summed E-state index contributed by atoms with van der Waals surface area (Å²) in [4.78, 5) is 0. The molecule has 98 valence electrons. The van der Waals surface area contributed by atoms with E-state index in [1.807, 2.05) is 24.3 Å². The number of halogens is 2. The lowest BCUT2D eigenvalue weighted by Crippen LogP contribution is -3.00. The molecule has 2 nitrogen and oxygen atoms in total. The highest BCUT2D eigenvalue weighted by molar-refractivity contribution is 6.30. The topological polar surface area (TPSA) is 29.8 Å². The van der Waals surface area contributed by atoms with E-state index in [4.69, 9.17) is 16.0 Å². The van der Waals surface area contributed by atoms with Gasteiger partial charge in [-0.15, -0.1) is 0 Å². The second-order valence-electron chi connectivity index (χ2n) is 4.33. The van der Waals surface area contributed by atoms with E-state index in [1.165, 1.54) is 5.56 Å². The molecule has 2 rings (SSSR count). The largest absolute Gasteiger partial charge is 1.00 e. The number of hydrogen-bond acceptors (Lipinski definition) is 1. The van der Waals surface area contributed by atoms with Crippen LogP contribution in [0.15, 0.2) is 47.1 Å². The zero-order chi connectivity index (χ0) is 12.1. The van der Waals surface area contributed by atoms with Crippen molar-refractivity contribution in [3.05, 3.63) is 59.0 Å². The molecular formula is C14H17Cl2NO. The first-order valence-electron chi connectivity index (χ1n) is 5.84. The van der Waals surface area contributed by atoms with Crippen LogP contribution in [0.1, 0.15) is 18.2 Å². The molecule has 2 N–H and O–H groups in total. The van der Waals surface area contributed by atoms with Gasteiger partial charge < -0.3 is 22.1 Å². The third kappa shape index (κ3) is 4.73. The molecule has 18 heavy (non-hydrogen) atoms. The summed E-state index contributed by atoms with van der Waals surface area (Å²) < 4.78 is 5.30. The molecule has 0 saturated heterocycles. The summed E-state index contributed by atoms with van der Waals surface area (Å²) in [5.74, 6) is 1.02. The lowest BCUT2D eigenvalue weighted by atomic mass is 10.1. The Hall–Kier alpha value is -0.960. The Morgan fingerprint density at radius 1 is 1.22 bits per heavy atom. The molecule has 0 aliphatic heterocycles. The Bertz CT molecular complexity index is 439. The SMILES string of the molecule is CC(Cc1ccc(Cl)cc1)[NH2+]Cc1ccco1.[Cl-]. The Morgan fingerprint density at radius 2 is 1.94 bits per heavy atom. The van der Waals surface area contributed by atoms with Gasteiger partial charge in [0.1, 0.15) is 6.54 Å². The van der Waals surface area contributed by atoms with Crippen LogP contribution >= 0.6 is 11.6 Å². The lowest BCUT2D eigenvalue weighted by molar-refractivity contribution is -0.702. The maximum atomic E-state index is 5.86. The molecular weight excluding hydrogens is 269 g/mol. The van der Waals surface area contributed by atoms with E-state index >= 15 is 0 Å². The van der Waals surface area contributed by atoms with Crippen molar-refractivity contribution in [2.75, 3.05) is 0 Å². The highest BCUT2D eigenvalue weighted by Crippen LogP contribution is 2.10. The fraction of sp³-hybridized carbons (Fsp3) is 0.286. The van der Waals surface area contributed by atoms with E-state index in [0.717, 1.165) is 23.7 Å². The summed E-state index contributed by atoms with van der Waals surface area (Å²) in [6.07, 6.45) is 2.75. The van der Waals surface area contributed by atoms with Gasteiger partial charge in [0, 0.05) is 11.4 Å². The summed E-state index contributed by atoms with van der Waals surface area (Å²) in [7, 11) is 0. The number of quaternary nitrogens is 1. The fourth-order valence-electron chi connectivity index (χ4n) is 1.82. The van der Waals surface area contributed by atoms with E-state index < -0.39 is 0 Å². The highest BCUT2D eigenvalue weighted by atomic mass is 35.5. The van der Waals surface area contributed by atoms with Crippen molar-refractivity contribution in [2.24, 2.45) is 0 Å². The van der Waals surface area contributed by atoms with Gasteiger partial charge in [-0.05, 0) is 36.8 Å². The Morgan fingerprint density at radius 3 is 2.56 bits per heavy atom. The minimum Gasteiger partial charge on any atom is -1.00 e. The summed E-state index contributed by atoms with van der Waals surface area (Å²) in [5, 5.41) is 3.08. The highest BCUT2D eigenvalue weighted by Gasteiger charge is 2.07. The maximum Gasteiger partial charge on any atom is 0.157 e. The molecule has 0 radical (unpaired) electrons. The summed E-state index contributed by atoms with van der Waals surface area (Å²) in [6, 6.07) is 12.5. The molecule has 1 aromatic heterocycles. The molecule has 1 atom stereocenters. The lowest BCUT2D eigenvalue weighted by Gasteiger charge is -2.09. The van der Waals surface area contributed by atoms with Crippen LogP contribution in [0.25, 0.3) is 0 Å². The molecule has 1 unspecified atom stereocenters. The Kier molecular flexibility index (Phi) is 6.27. The number of furan rings is 1. The van der Waals surface area contributed by atoms with Crippen LogP contribution in [0, 0.1) is 0 Å². The van der Waals surface area contributed by atoms with Gasteiger partial charge in [0.15, 0.2) is 5.76 Å². The van der Waals surface area contributed by atoms with Gasteiger partial charge in [-0.25, -0.2) is 0 Å². The molecule has 1 aromatic carbocycles. The second kappa shape index (κ2) is 7.47. The van der Waals surface area contributed by atoms with Crippen molar-refractivity contribution in [2.45, 2.75) is 25.9 Å². The van der Waals surface area contributed by atoms with E-state index in [-0.39, 0.29) is 12.4 Å². The van der Waals surface area contributed by atoms with Crippen LogP contribution in [0.3, 0.4) is 0 Å². The summed E-state index contributed by atoms with van der Waals surface area (Å²) in [6.45, 7) is 3.11. The van der Waals surface area contributed by atoms with Gasteiger partial charge in [0.2, 0.25) is 0 Å². The van der Waals surface area contributed by atoms with E-state index in [0.29, 0.717) is 6.04 Å². The van der Waals surface area contributed by atoms with E-state index in [9.17, 15) is 0 Å². The van der Waals surface area contributed by atoms with Crippen molar-refractivity contribution in [3.8, 4) is 0 Å². The summed E-state index contributed by atoms with van der Waals surface area (Å²) >= 11 is 5.86. The van der Waals surface area contributed by atoms with Gasteiger partial charge >= 0.3 is 0 Å². The number of hydrogen-bond donors (Lipinski definition) is 1. The van der Waals surface area contributed by atoms with Crippen molar-refractivity contribution < 1.29 is 22.1 Å². The van der Waals surface area contributed by atoms with Crippen molar-refractivity contribution in [1.82, 2.24) is 0 Å². The summed E-state index contributed by atoms with van der Waals surface area (Å²) in [5.41, 5.74) is 1.32. The zero-order valence-corrected chi connectivity index (χ0v) is 11.8. The van der Waals surface area contributed by atoms with Gasteiger partial charge in [0.05, 0.1) is 12.3 Å². The van der Waals surface area contributed by atoms with Crippen LogP contribution in [0.4, 0.5) is 0 Å². The van der Waals surface area contributed by atoms with Crippen molar-refractivity contribution in [3.63, 3.8) is 0 Å². The standard InChI is InChI=1S/C14H16ClNO.ClH/c1-11(16-10-14-3-2-8-17-14)9-12-4-6-13(15)7-5-12;/h2-8,11,16H,9-10H2,1H3;1H. The molecule has 0 aliphatic carbocycles. The predicted octanol–water partition coefficient (Wildman–Crippen LogP) is -0.368. The average Bonchev–Trinajstić information content (AvgIpc) is 2.83. The zero-order valence-electron chi connectivity index (χ0n) is 10.3. The van der Waals surface area contributed by atoms with Gasteiger partial charge in [-0.3, -0.25) is 0 Å². The number of rotatable bonds is 5. The fourth-order valence-corrected chi connectivity index (χ4v) is 1.95. The molecule has 0 saturated carbocycles. The molecule has 0 spiro atoms. The minimum absolute atomic E-state index is 0. The molecule has 0 aliphatic rings. The monoisotopic (exact) mass is 285 g/mol. The first-order valence-corrected chi connectivity index (χ1v) is 6.22. The number of benzene rings is 1. The minimum atomic E-state index is 0. The average molecular weight is 286 g/mol. The quantitative estimate of drug-likeness (QED) is 0.799. The third-order valence-corrected chi connectivity index (χ3v) is 3.02. The van der Waals surface area contributed by atoms with E-state index in [1.54, 1.807) is 6.26 Å². The van der Waals surface area contributed by atoms with Crippen molar-refractivity contribution >= 4 is 11.6 Å². The number of nitrogens with two attached hydrogens (primary N) is 1. The van der Waals surface area contributed by atoms with Crippen LogP contribution < -0.4 is 17.7 Å². The van der Waals surface area contributed by atoms with Crippen molar-refractivity contribution in [1.29, 1.82) is 0 Å². The third-order valence-electron chi connectivity index (χ3n) is 2.77. The smallest absolute Gasteiger partial charge is 0.157 e. The normalized spacial score (nSPS) is 11.9. The predicted molar refractivity (Wildman–Crippen MR) is 69.0 cm³/mol. The Labute approximate surface area is 119 Å². The Balaban J connectivity index is 0.00000162. The molecule has 0 amide bonds. The second-order valence-corrected chi connectivity index (χ2v) is 4.76. The molecule has 0 fully saturated rings. The van der Waals surface area contributed by atoms with Gasteiger partial charge in [-0.2, -0.15) is 0 Å². The van der Waals surface area contributed by atoms with E-state index in [2.05, 4.69) is 24.4 Å². The first-order chi connectivity index (χ1) is 8.24. The van der Waals surface area contributed by atoms with Crippen LogP contribution in [0.5, 0.6) is 0 Å².